The zero-order valence-corrected chi connectivity index (χ0v) is 22.9. The van der Waals surface area contributed by atoms with Gasteiger partial charge in [-0.05, 0) is 78.1 Å². The molecule has 7 nitrogen and oxygen atoms in total. The van der Waals surface area contributed by atoms with E-state index in [1.165, 1.54) is 54.4 Å². The molecule has 1 heterocycles. The van der Waals surface area contributed by atoms with Gasteiger partial charge in [0.25, 0.3) is 11.8 Å². The molecule has 1 aliphatic rings. The van der Waals surface area contributed by atoms with E-state index in [1.54, 1.807) is 26.2 Å². The number of furan rings is 1. The maximum absolute atomic E-state index is 14.9. The van der Waals surface area contributed by atoms with Crippen molar-refractivity contribution in [2.75, 3.05) is 21.1 Å². The number of fused-ring (bicyclic) bond motifs is 1. The number of nitrogens with zero attached hydrogens (tertiary/aromatic N) is 1. The van der Waals surface area contributed by atoms with Crippen LogP contribution in [-0.2, 0) is 11.2 Å². The van der Waals surface area contributed by atoms with Crippen molar-refractivity contribution in [2.45, 2.75) is 25.3 Å². The van der Waals surface area contributed by atoms with Crippen molar-refractivity contribution in [1.29, 1.82) is 0 Å². The number of nitrogens with one attached hydrogen (secondary N) is 2. The van der Waals surface area contributed by atoms with E-state index in [9.17, 15) is 23.2 Å². The molecular weight excluding hydrogens is 528 g/mol. The van der Waals surface area contributed by atoms with Crippen molar-refractivity contribution in [2.24, 2.45) is 0 Å². The summed E-state index contributed by atoms with van der Waals surface area (Å²) in [4.78, 5) is 40.3. The molecule has 0 aliphatic heterocycles. The molecule has 0 bridgehead atoms. The van der Waals surface area contributed by atoms with Gasteiger partial charge in [-0.1, -0.05) is 18.2 Å². The molecule has 4 aromatic rings. The Labute approximate surface area is 235 Å². The van der Waals surface area contributed by atoms with Gasteiger partial charge in [0.05, 0.1) is 17.5 Å². The third-order valence-corrected chi connectivity index (χ3v) is 7.24. The number of amides is 3. The number of likely N-dealkylation sites (N-methyl/N-ethyl adjacent to an activating group) is 1. The molecule has 5 rings (SSSR count). The van der Waals surface area contributed by atoms with Crippen LogP contribution in [0.4, 0.5) is 8.78 Å². The Bertz CT molecular complexity index is 1700. The lowest BCUT2D eigenvalue weighted by molar-refractivity contribution is -0.127. The van der Waals surface area contributed by atoms with Crippen LogP contribution in [0.1, 0.15) is 39.1 Å². The van der Waals surface area contributed by atoms with Gasteiger partial charge in [-0.15, -0.1) is 0 Å². The minimum absolute atomic E-state index is 0.0107. The number of halogens is 2. The van der Waals surface area contributed by atoms with Crippen LogP contribution in [-0.4, -0.2) is 49.8 Å². The summed E-state index contributed by atoms with van der Waals surface area (Å²) in [6.07, 6.45) is 1.29. The normalized spacial score (nSPS) is 13.1. The molecule has 210 valence electrons. The van der Waals surface area contributed by atoms with Gasteiger partial charge in [0.1, 0.15) is 23.0 Å². The molecule has 0 unspecified atom stereocenters. The van der Waals surface area contributed by atoms with Crippen molar-refractivity contribution in [3.63, 3.8) is 0 Å². The first kappa shape index (κ1) is 27.8. The Kier molecular flexibility index (Phi) is 7.45. The zero-order chi connectivity index (χ0) is 29.4. The monoisotopic (exact) mass is 557 g/mol. The van der Waals surface area contributed by atoms with Crippen LogP contribution in [0.2, 0.25) is 0 Å². The van der Waals surface area contributed by atoms with Crippen molar-refractivity contribution >= 4 is 28.7 Å². The third kappa shape index (κ3) is 5.48. The predicted octanol–water partition coefficient (Wildman–Crippen LogP) is 5.48. The molecule has 1 aliphatic carbocycles. The van der Waals surface area contributed by atoms with Gasteiger partial charge in [0.2, 0.25) is 5.91 Å². The molecular formula is C32H29F2N3O4. The second-order valence-electron chi connectivity index (χ2n) is 10.4. The molecule has 3 aromatic carbocycles. The highest BCUT2D eigenvalue weighted by molar-refractivity contribution is 6.12. The lowest BCUT2D eigenvalue weighted by atomic mass is 9.87. The van der Waals surface area contributed by atoms with Crippen LogP contribution in [0.25, 0.3) is 33.4 Å². The molecule has 3 amide bonds. The number of benzene rings is 3. The summed E-state index contributed by atoms with van der Waals surface area (Å²) in [7, 11) is 4.77. The van der Waals surface area contributed by atoms with E-state index < -0.39 is 23.4 Å². The number of carbonyl (C=O) groups excluding carboxylic acids is 3. The first-order valence-corrected chi connectivity index (χ1v) is 13.1. The Morgan fingerprint density at radius 3 is 2.29 bits per heavy atom. The second-order valence-corrected chi connectivity index (χ2v) is 10.4. The van der Waals surface area contributed by atoms with Gasteiger partial charge in [-0.2, -0.15) is 0 Å². The maximum atomic E-state index is 14.9. The average Bonchev–Trinajstić information content (AvgIpc) is 3.30. The zero-order valence-electron chi connectivity index (χ0n) is 22.9. The quantitative estimate of drug-likeness (QED) is 0.294. The highest BCUT2D eigenvalue weighted by Crippen LogP contribution is 2.38. The fourth-order valence-electron chi connectivity index (χ4n) is 4.95. The Morgan fingerprint density at radius 1 is 0.976 bits per heavy atom. The molecule has 41 heavy (non-hydrogen) atoms. The largest absolute Gasteiger partial charge is 0.455 e. The van der Waals surface area contributed by atoms with Crippen molar-refractivity contribution in [3.8, 4) is 22.5 Å². The number of hydrogen-bond donors (Lipinski definition) is 2. The lowest BCUT2D eigenvalue weighted by Gasteiger charge is -2.29. The number of rotatable bonds is 7. The van der Waals surface area contributed by atoms with Crippen LogP contribution in [0.3, 0.4) is 0 Å². The van der Waals surface area contributed by atoms with Gasteiger partial charge < -0.3 is 20.0 Å². The Balaban J connectivity index is 1.68. The SMILES string of the molecule is C=C1CC(NC(=O)c2cc(-c3cc4c(C(=O)NC)c(-c5ccc(F)cc5)oc4cc3CC(=O)N(C)C)ccc2F)C1. The van der Waals surface area contributed by atoms with E-state index in [0.29, 0.717) is 46.1 Å². The molecule has 9 heteroatoms. The van der Waals surface area contributed by atoms with Gasteiger partial charge in [-0.25, -0.2) is 8.78 Å². The topological polar surface area (TPSA) is 91.6 Å². The summed E-state index contributed by atoms with van der Waals surface area (Å²) in [5.41, 5.74) is 3.56. The summed E-state index contributed by atoms with van der Waals surface area (Å²) in [6, 6.07) is 13.1. The van der Waals surface area contributed by atoms with E-state index in [-0.39, 0.29) is 35.3 Å². The number of hydrogen-bond acceptors (Lipinski definition) is 4. The minimum Gasteiger partial charge on any atom is -0.455 e. The van der Waals surface area contributed by atoms with E-state index in [0.717, 1.165) is 5.57 Å². The molecule has 0 spiro atoms. The smallest absolute Gasteiger partial charge is 0.255 e. The van der Waals surface area contributed by atoms with Gasteiger partial charge in [0.15, 0.2) is 0 Å². The van der Waals surface area contributed by atoms with Crippen molar-refractivity contribution in [1.82, 2.24) is 15.5 Å². The van der Waals surface area contributed by atoms with Crippen LogP contribution < -0.4 is 10.6 Å². The minimum atomic E-state index is -0.677. The standard InChI is InChI=1S/C32H29F2N3O4/c1-17-11-22(12-17)36-31(39)24-13-19(7-10-26(24)34)23-16-25-27(14-20(23)15-28(38)37(3)4)41-30(29(25)32(40)35-2)18-5-8-21(33)9-6-18/h5-10,13-14,16,22H,1,11-12,15H2,2-4H3,(H,35,40)(H,36,39). The summed E-state index contributed by atoms with van der Waals surface area (Å²) in [6.45, 7) is 3.87. The molecule has 0 radical (unpaired) electrons. The summed E-state index contributed by atoms with van der Waals surface area (Å²) >= 11 is 0. The molecule has 1 aromatic heterocycles. The van der Waals surface area contributed by atoms with Gasteiger partial charge in [0, 0.05) is 38.1 Å². The Morgan fingerprint density at radius 2 is 1.66 bits per heavy atom. The van der Waals surface area contributed by atoms with Crippen LogP contribution in [0, 0.1) is 11.6 Å². The van der Waals surface area contributed by atoms with E-state index >= 15 is 0 Å². The average molecular weight is 558 g/mol. The van der Waals surface area contributed by atoms with Crippen molar-refractivity contribution < 1.29 is 27.6 Å². The summed E-state index contributed by atoms with van der Waals surface area (Å²) < 4.78 is 34.6. The summed E-state index contributed by atoms with van der Waals surface area (Å²) in [5.74, 6) is -2.02. The van der Waals surface area contributed by atoms with Crippen molar-refractivity contribution in [3.05, 3.63) is 95.1 Å². The fourth-order valence-corrected chi connectivity index (χ4v) is 4.95. The molecule has 1 saturated carbocycles. The highest BCUT2D eigenvalue weighted by atomic mass is 19.1. The first-order chi connectivity index (χ1) is 19.5. The lowest BCUT2D eigenvalue weighted by Crippen LogP contribution is -2.40. The van der Waals surface area contributed by atoms with Gasteiger partial charge in [-0.3, -0.25) is 14.4 Å². The van der Waals surface area contributed by atoms with Crippen LogP contribution in [0.15, 0.2) is 71.2 Å². The second kappa shape index (κ2) is 11.0. The fraction of sp³-hybridized carbons (Fsp3) is 0.219. The van der Waals surface area contributed by atoms with E-state index in [1.807, 2.05) is 0 Å². The van der Waals surface area contributed by atoms with Crippen LogP contribution in [0.5, 0.6) is 0 Å². The summed E-state index contributed by atoms with van der Waals surface area (Å²) in [5, 5.41) is 5.91. The molecule has 0 saturated heterocycles. The van der Waals surface area contributed by atoms with E-state index in [4.69, 9.17) is 4.42 Å². The molecule has 1 fully saturated rings. The predicted molar refractivity (Wildman–Crippen MR) is 152 cm³/mol. The van der Waals surface area contributed by atoms with Gasteiger partial charge >= 0.3 is 0 Å². The third-order valence-electron chi connectivity index (χ3n) is 7.24. The number of carbonyl (C=O) groups is 3. The Hall–Kier alpha value is -4.79. The molecule has 0 atom stereocenters. The molecule has 2 N–H and O–H groups in total. The highest BCUT2D eigenvalue weighted by Gasteiger charge is 2.27. The van der Waals surface area contributed by atoms with Crippen LogP contribution >= 0.6 is 0 Å². The first-order valence-electron chi connectivity index (χ1n) is 13.1. The van der Waals surface area contributed by atoms with E-state index in [2.05, 4.69) is 17.2 Å². The maximum Gasteiger partial charge on any atom is 0.255 e.